The monoisotopic (exact) mass is 623 g/mol. The smallest absolute Gasteiger partial charge is 0.420 e. The van der Waals surface area contributed by atoms with Gasteiger partial charge in [-0.25, -0.2) is 19.1 Å². The van der Waals surface area contributed by atoms with Crippen LogP contribution in [-0.2, 0) is 4.74 Å². The van der Waals surface area contributed by atoms with E-state index in [1.54, 1.807) is 43.5 Å². The third kappa shape index (κ3) is 9.20. The van der Waals surface area contributed by atoms with Gasteiger partial charge < -0.3 is 29.2 Å². The highest BCUT2D eigenvalue weighted by atomic mass is 19.1. The summed E-state index contributed by atoms with van der Waals surface area (Å²) in [6.45, 7) is 11.7. The minimum Gasteiger partial charge on any atom is -0.497 e. The van der Waals surface area contributed by atoms with Crippen molar-refractivity contribution in [3.8, 4) is 17.2 Å². The topological polar surface area (TPSA) is 98.3 Å². The van der Waals surface area contributed by atoms with Gasteiger partial charge >= 0.3 is 6.09 Å². The van der Waals surface area contributed by atoms with Crippen LogP contribution in [0.15, 0.2) is 48.7 Å². The first-order valence-corrected chi connectivity index (χ1v) is 15.7. The quantitative estimate of drug-likeness (QED) is 0.182. The molecule has 11 heteroatoms. The van der Waals surface area contributed by atoms with Crippen LogP contribution in [0.25, 0.3) is 0 Å². The molecule has 244 valence electrons. The van der Waals surface area contributed by atoms with Crippen molar-refractivity contribution >= 4 is 29.2 Å². The first-order valence-electron chi connectivity index (χ1n) is 15.7. The number of benzene rings is 2. The van der Waals surface area contributed by atoms with E-state index in [2.05, 4.69) is 20.2 Å². The molecule has 2 aromatic carbocycles. The number of hydrogen-bond acceptors (Lipinski definition) is 9. The molecule has 0 bridgehead atoms. The summed E-state index contributed by atoms with van der Waals surface area (Å²) in [5.41, 5.74) is 0.841. The van der Waals surface area contributed by atoms with E-state index in [-0.39, 0.29) is 35.5 Å². The summed E-state index contributed by atoms with van der Waals surface area (Å²) in [7, 11) is 3.06. The number of nitrogens with one attached hydrogen (secondary N) is 1. The standard InChI is InChI=1S/C34H46FN5O5/c1-23(2)32(24(3)4)45-34(41)40(28-13-12-26(42-5)22-30(28)43-6)31-15-16-36-33(38-31)37-25-11-14-29(27(35)21-25)44-20-10-19-39-17-8-7-9-18-39/h11-16,21-24,32H,7-10,17-20H2,1-6H3,(H,36,37,38). The van der Waals surface area contributed by atoms with E-state index in [0.29, 0.717) is 29.5 Å². The summed E-state index contributed by atoms with van der Waals surface area (Å²) in [5, 5.41) is 3.04. The highest BCUT2D eigenvalue weighted by Crippen LogP contribution is 2.37. The van der Waals surface area contributed by atoms with Crippen LogP contribution in [0.5, 0.6) is 17.2 Å². The molecule has 0 aliphatic carbocycles. The fourth-order valence-corrected chi connectivity index (χ4v) is 5.51. The second-order valence-electron chi connectivity index (χ2n) is 11.8. The van der Waals surface area contributed by atoms with E-state index >= 15 is 0 Å². The maximum Gasteiger partial charge on any atom is 0.420 e. The number of anilines is 4. The van der Waals surface area contributed by atoms with Crippen molar-refractivity contribution in [2.75, 3.05) is 50.7 Å². The summed E-state index contributed by atoms with van der Waals surface area (Å²) < 4.78 is 37.7. The number of carbonyl (C=O) groups is 1. The van der Waals surface area contributed by atoms with Gasteiger partial charge in [0.2, 0.25) is 5.95 Å². The van der Waals surface area contributed by atoms with E-state index in [0.717, 1.165) is 26.1 Å². The predicted molar refractivity (Wildman–Crippen MR) is 174 cm³/mol. The van der Waals surface area contributed by atoms with Crippen LogP contribution in [0.2, 0.25) is 0 Å². The van der Waals surface area contributed by atoms with Gasteiger partial charge in [0.05, 0.1) is 26.5 Å². The molecule has 1 aliphatic rings. The molecule has 2 heterocycles. The van der Waals surface area contributed by atoms with E-state index < -0.39 is 11.9 Å². The second-order valence-corrected chi connectivity index (χ2v) is 11.8. The average Bonchev–Trinajstić information content (AvgIpc) is 3.03. The second kappa shape index (κ2) is 16.3. The van der Waals surface area contributed by atoms with Crippen LogP contribution < -0.4 is 24.4 Å². The minimum atomic E-state index is -0.622. The largest absolute Gasteiger partial charge is 0.497 e. The molecule has 1 aromatic heterocycles. The molecule has 0 unspecified atom stereocenters. The van der Waals surface area contributed by atoms with Crippen LogP contribution >= 0.6 is 0 Å². The molecule has 0 atom stereocenters. The zero-order valence-electron chi connectivity index (χ0n) is 27.2. The van der Waals surface area contributed by atoms with Crippen molar-refractivity contribution < 1.29 is 28.1 Å². The van der Waals surface area contributed by atoms with Crippen molar-refractivity contribution in [2.24, 2.45) is 11.8 Å². The molecule has 1 aliphatic heterocycles. The van der Waals surface area contributed by atoms with Gasteiger partial charge in [0.1, 0.15) is 23.4 Å². The molecule has 4 rings (SSSR count). The van der Waals surface area contributed by atoms with Gasteiger partial charge in [0, 0.05) is 36.6 Å². The number of carbonyl (C=O) groups excluding carboxylic acids is 1. The summed E-state index contributed by atoms with van der Waals surface area (Å²) in [5.74, 6) is 1.24. The molecule has 1 saturated heterocycles. The van der Waals surface area contributed by atoms with E-state index in [1.807, 2.05) is 27.7 Å². The summed E-state index contributed by atoms with van der Waals surface area (Å²) >= 11 is 0. The van der Waals surface area contributed by atoms with Crippen LogP contribution in [-0.4, -0.2) is 67.5 Å². The number of likely N-dealkylation sites (tertiary alicyclic amines) is 1. The van der Waals surface area contributed by atoms with E-state index in [9.17, 15) is 9.18 Å². The summed E-state index contributed by atoms with van der Waals surface area (Å²) in [6, 6.07) is 11.3. The SMILES string of the molecule is COc1ccc(N(C(=O)OC(C(C)C)C(C)C)c2ccnc(Nc3ccc(OCCCN4CCCCC4)c(F)c3)n2)c(OC)c1. The Labute approximate surface area is 265 Å². The van der Waals surface area contributed by atoms with Gasteiger partial charge in [-0.1, -0.05) is 34.1 Å². The summed E-state index contributed by atoms with van der Waals surface area (Å²) in [6.07, 6.45) is 5.18. The Kier molecular flexibility index (Phi) is 12.2. The van der Waals surface area contributed by atoms with E-state index in [4.69, 9.17) is 18.9 Å². The Balaban J connectivity index is 1.53. The average molecular weight is 624 g/mol. The normalized spacial score (nSPS) is 13.6. The van der Waals surface area contributed by atoms with Crippen molar-refractivity contribution in [2.45, 2.75) is 59.5 Å². The maximum atomic E-state index is 15.0. The highest BCUT2D eigenvalue weighted by Gasteiger charge is 2.30. The van der Waals surface area contributed by atoms with Crippen molar-refractivity contribution in [3.05, 3.63) is 54.5 Å². The Morgan fingerprint density at radius 1 is 0.978 bits per heavy atom. The number of methoxy groups -OCH3 is 2. The van der Waals surface area contributed by atoms with Crippen LogP contribution in [0.4, 0.5) is 32.3 Å². The predicted octanol–water partition coefficient (Wildman–Crippen LogP) is 7.59. The molecule has 45 heavy (non-hydrogen) atoms. The van der Waals surface area contributed by atoms with Gasteiger partial charge in [0.25, 0.3) is 0 Å². The Hall–Kier alpha value is -4.12. The van der Waals surface area contributed by atoms with Crippen molar-refractivity contribution in [3.63, 3.8) is 0 Å². The lowest BCUT2D eigenvalue weighted by molar-refractivity contribution is 0.0484. The molecular formula is C34H46FN5O5. The van der Waals surface area contributed by atoms with Crippen molar-refractivity contribution in [1.82, 2.24) is 14.9 Å². The number of amides is 1. The number of nitrogens with zero attached hydrogens (tertiary/aromatic N) is 4. The Bertz CT molecular complexity index is 1390. The lowest BCUT2D eigenvalue weighted by Gasteiger charge is -2.29. The number of ether oxygens (including phenoxy) is 4. The number of halogens is 1. The van der Waals surface area contributed by atoms with Gasteiger partial charge in [-0.3, -0.25) is 0 Å². The number of piperidine rings is 1. The summed E-state index contributed by atoms with van der Waals surface area (Å²) in [4.78, 5) is 26.5. The molecule has 1 amide bonds. The fourth-order valence-electron chi connectivity index (χ4n) is 5.51. The first-order chi connectivity index (χ1) is 21.7. The van der Waals surface area contributed by atoms with Crippen molar-refractivity contribution in [1.29, 1.82) is 0 Å². The highest BCUT2D eigenvalue weighted by molar-refractivity contribution is 5.97. The van der Waals surface area contributed by atoms with Gasteiger partial charge in [-0.15, -0.1) is 0 Å². The van der Waals surface area contributed by atoms with Crippen LogP contribution in [0.1, 0.15) is 53.4 Å². The lowest BCUT2D eigenvalue weighted by atomic mass is 9.96. The molecule has 0 spiro atoms. The minimum absolute atomic E-state index is 0.0905. The fraction of sp³-hybridized carbons (Fsp3) is 0.500. The zero-order chi connectivity index (χ0) is 32.3. The van der Waals surface area contributed by atoms with Crippen LogP contribution in [0, 0.1) is 17.7 Å². The Morgan fingerprint density at radius 2 is 1.73 bits per heavy atom. The molecule has 3 aromatic rings. The van der Waals surface area contributed by atoms with Crippen LogP contribution in [0.3, 0.4) is 0 Å². The van der Waals surface area contributed by atoms with Gasteiger partial charge in [-0.05, 0) is 68.5 Å². The Morgan fingerprint density at radius 3 is 2.40 bits per heavy atom. The lowest BCUT2D eigenvalue weighted by Crippen LogP contribution is -2.36. The number of aromatic nitrogens is 2. The number of hydrogen-bond donors (Lipinski definition) is 1. The molecule has 1 fully saturated rings. The molecule has 0 radical (unpaired) electrons. The van der Waals surface area contributed by atoms with Gasteiger partial charge in [0.15, 0.2) is 11.6 Å². The molecule has 0 saturated carbocycles. The molecule has 1 N–H and O–H groups in total. The maximum absolute atomic E-state index is 15.0. The molecule has 10 nitrogen and oxygen atoms in total. The van der Waals surface area contributed by atoms with Gasteiger partial charge in [-0.2, -0.15) is 4.98 Å². The third-order valence-corrected chi connectivity index (χ3v) is 7.74. The first kappa shape index (κ1) is 33.8. The zero-order valence-corrected chi connectivity index (χ0v) is 27.2. The molecular weight excluding hydrogens is 577 g/mol. The van der Waals surface area contributed by atoms with E-state index in [1.165, 1.54) is 43.5 Å². The number of rotatable bonds is 14. The third-order valence-electron chi connectivity index (χ3n) is 7.74.